The Kier molecular flexibility index (Phi) is 4.25. The number of carbonyl (C=O) groups excluding carboxylic acids is 1. The fraction of sp³-hybridized carbons (Fsp3) is 0.357. The van der Waals surface area contributed by atoms with Crippen LogP contribution in [0.4, 0.5) is 0 Å². The second-order valence-corrected chi connectivity index (χ2v) is 6.54. The minimum Gasteiger partial charge on any atom is -0.349 e. The number of nitrogens with two attached hydrogens (primary N) is 1. The highest BCUT2D eigenvalue weighted by atomic mass is 32.2. The molecule has 0 fully saturated rings. The molecule has 1 amide bonds. The van der Waals surface area contributed by atoms with Crippen LogP contribution in [0.25, 0.3) is 0 Å². The van der Waals surface area contributed by atoms with Gasteiger partial charge >= 0.3 is 0 Å². The molecule has 1 aromatic carbocycles. The quantitative estimate of drug-likeness (QED) is 0.827. The van der Waals surface area contributed by atoms with Crippen LogP contribution in [-0.2, 0) is 10.0 Å². The highest BCUT2D eigenvalue weighted by Crippen LogP contribution is 2.16. The maximum Gasteiger partial charge on any atom is 0.251 e. The third-order valence-corrected chi connectivity index (χ3v) is 4.29. The number of aryl methyl sites for hydroxylation is 1. The second-order valence-electron chi connectivity index (χ2n) is 4.98. The fourth-order valence-corrected chi connectivity index (χ4v) is 2.85. The van der Waals surface area contributed by atoms with Crippen molar-refractivity contribution in [1.82, 2.24) is 5.32 Å². The van der Waals surface area contributed by atoms with E-state index in [9.17, 15) is 13.2 Å². The Hall–Kier alpha value is -1.66. The van der Waals surface area contributed by atoms with E-state index in [4.69, 9.17) is 5.14 Å². The van der Waals surface area contributed by atoms with Gasteiger partial charge in [-0.3, -0.25) is 4.79 Å². The van der Waals surface area contributed by atoms with E-state index >= 15 is 0 Å². The van der Waals surface area contributed by atoms with E-state index < -0.39 is 10.0 Å². The molecule has 1 aromatic rings. The summed E-state index contributed by atoms with van der Waals surface area (Å²) < 4.78 is 22.5. The van der Waals surface area contributed by atoms with Crippen LogP contribution < -0.4 is 10.5 Å². The molecule has 0 saturated carbocycles. The van der Waals surface area contributed by atoms with Crippen LogP contribution in [0.5, 0.6) is 0 Å². The lowest BCUT2D eigenvalue weighted by molar-refractivity contribution is 0.0934. The summed E-state index contributed by atoms with van der Waals surface area (Å²) in [6, 6.07) is 4.43. The molecule has 3 N–H and O–H groups in total. The molecule has 20 heavy (non-hydrogen) atoms. The van der Waals surface area contributed by atoms with Gasteiger partial charge in [0.05, 0.1) is 4.90 Å². The monoisotopic (exact) mass is 294 g/mol. The molecule has 0 heterocycles. The number of rotatable bonds is 3. The Morgan fingerprint density at radius 3 is 2.65 bits per heavy atom. The van der Waals surface area contributed by atoms with Crippen molar-refractivity contribution in [3.8, 4) is 0 Å². The van der Waals surface area contributed by atoms with Crippen molar-refractivity contribution < 1.29 is 13.2 Å². The van der Waals surface area contributed by atoms with Crippen molar-refractivity contribution in [3.05, 3.63) is 41.5 Å². The first-order chi connectivity index (χ1) is 9.38. The lowest BCUT2D eigenvalue weighted by atomic mass is 10.0. The van der Waals surface area contributed by atoms with Gasteiger partial charge in [0, 0.05) is 11.6 Å². The molecule has 0 aromatic heterocycles. The number of amides is 1. The molecule has 1 atom stereocenters. The van der Waals surface area contributed by atoms with E-state index in [0.717, 1.165) is 19.3 Å². The molecule has 1 aliphatic rings. The Balaban J connectivity index is 2.16. The number of nitrogens with one attached hydrogen (secondary N) is 1. The van der Waals surface area contributed by atoms with Gasteiger partial charge in [-0.05, 0) is 49.9 Å². The van der Waals surface area contributed by atoms with Crippen LogP contribution in [0.15, 0.2) is 35.2 Å². The van der Waals surface area contributed by atoms with Gasteiger partial charge < -0.3 is 5.32 Å². The Morgan fingerprint density at radius 1 is 1.35 bits per heavy atom. The number of benzene rings is 1. The van der Waals surface area contributed by atoms with Crippen LogP contribution in [0, 0.1) is 6.92 Å². The van der Waals surface area contributed by atoms with E-state index in [1.807, 2.05) is 0 Å². The lowest BCUT2D eigenvalue weighted by Crippen LogP contribution is -2.35. The number of hydrogen-bond acceptors (Lipinski definition) is 3. The van der Waals surface area contributed by atoms with E-state index in [-0.39, 0.29) is 16.8 Å². The lowest BCUT2D eigenvalue weighted by Gasteiger charge is -2.20. The summed E-state index contributed by atoms with van der Waals surface area (Å²) in [4.78, 5) is 12.2. The predicted octanol–water partition coefficient (Wildman–Crippen LogP) is 1.48. The molecular weight excluding hydrogens is 276 g/mol. The number of primary sulfonamides is 1. The molecule has 0 bridgehead atoms. The number of sulfonamides is 1. The standard InChI is InChI=1S/C14H18N2O3S/c1-10-9-12(20(15,18)19)7-8-13(10)14(17)16-11-5-3-2-4-6-11/h2-3,7-9,11H,4-6H2,1H3,(H,16,17)(H2,15,18,19). The summed E-state index contributed by atoms with van der Waals surface area (Å²) in [7, 11) is -3.74. The first-order valence-electron chi connectivity index (χ1n) is 6.47. The van der Waals surface area contributed by atoms with Crippen LogP contribution in [-0.4, -0.2) is 20.4 Å². The van der Waals surface area contributed by atoms with Gasteiger partial charge in [0.15, 0.2) is 0 Å². The van der Waals surface area contributed by atoms with Gasteiger partial charge in [0.25, 0.3) is 5.91 Å². The normalized spacial score (nSPS) is 18.8. The fourth-order valence-electron chi connectivity index (χ4n) is 2.26. The molecule has 0 saturated heterocycles. The van der Waals surface area contributed by atoms with Crippen LogP contribution >= 0.6 is 0 Å². The molecule has 0 spiro atoms. The molecule has 108 valence electrons. The van der Waals surface area contributed by atoms with E-state index in [1.54, 1.807) is 6.92 Å². The summed E-state index contributed by atoms with van der Waals surface area (Å²) in [6.45, 7) is 1.70. The van der Waals surface area contributed by atoms with Crippen molar-refractivity contribution in [2.75, 3.05) is 0 Å². The minimum atomic E-state index is -3.74. The highest BCUT2D eigenvalue weighted by Gasteiger charge is 2.17. The molecular formula is C14H18N2O3S. The second kappa shape index (κ2) is 5.76. The number of hydrogen-bond donors (Lipinski definition) is 2. The van der Waals surface area contributed by atoms with Crippen molar-refractivity contribution in [3.63, 3.8) is 0 Å². The van der Waals surface area contributed by atoms with E-state index in [0.29, 0.717) is 11.1 Å². The zero-order chi connectivity index (χ0) is 14.8. The minimum absolute atomic E-state index is 0.0205. The molecule has 1 unspecified atom stereocenters. The van der Waals surface area contributed by atoms with Gasteiger partial charge in [-0.1, -0.05) is 12.2 Å². The average molecular weight is 294 g/mol. The SMILES string of the molecule is Cc1cc(S(N)(=O)=O)ccc1C(=O)NC1CC=CCC1. The zero-order valence-corrected chi connectivity index (χ0v) is 12.1. The summed E-state index contributed by atoms with van der Waals surface area (Å²) in [5.41, 5.74) is 1.08. The van der Waals surface area contributed by atoms with Gasteiger partial charge in [-0.25, -0.2) is 13.6 Å². The molecule has 6 heteroatoms. The third-order valence-electron chi connectivity index (χ3n) is 3.38. The third kappa shape index (κ3) is 3.46. The van der Waals surface area contributed by atoms with Crippen molar-refractivity contribution in [2.24, 2.45) is 5.14 Å². The predicted molar refractivity (Wildman–Crippen MR) is 76.8 cm³/mol. The Morgan fingerprint density at radius 2 is 2.10 bits per heavy atom. The summed E-state index contributed by atoms with van der Waals surface area (Å²) in [6.07, 6.45) is 6.89. The van der Waals surface area contributed by atoms with Gasteiger partial charge in [-0.15, -0.1) is 0 Å². The van der Waals surface area contributed by atoms with Crippen molar-refractivity contribution in [1.29, 1.82) is 0 Å². The molecule has 1 aliphatic carbocycles. The van der Waals surface area contributed by atoms with E-state index in [2.05, 4.69) is 17.5 Å². The smallest absolute Gasteiger partial charge is 0.251 e. The molecule has 0 aliphatic heterocycles. The molecule has 2 rings (SSSR count). The molecule has 0 radical (unpaired) electrons. The number of carbonyl (C=O) groups is 1. The Labute approximate surface area is 118 Å². The van der Waals surface area contributed by atoms with Crippen molar-refractivity contribution >= 4 is 15.9 Å². The van der Waals surface area contributed by atoms with E-state index in [1.165, 1.54) is 18.2 Å². The average Bonchev–Trinajstić information content (AvgIpc) is 2.38. The Bertz CT molecular complexity index is 650. The molecule has 5 nitrogen and oxygen atoms in total. The van der Waals surface area contributed by atoms with Crippen LogP contribution in [0.3, 0.4) is 0 Å². The summed E-state index contributed by atoms with van der Waals surface area (Å²) in [5, 5.41) is 8.03. The van der Waals surface area contributed by atoms with Crippen LogP contribution in [0.1, 0.15) is 35.2 Å². The first-order valence-corrected chi connectivity index (χ1v) is 8.02. The van der Waals surface area contributed by atoms with Gasteiger partial charge in [-0.2, -0.15) is 0 Å². The topological polar surface area (TPSA) is 89.3 Å². The van der Waals surface area contributed by atoms with Gasteiger partial charge in [0.1, 0.15) is 0 Å². The van der Waals surface area contributed by atoms with Crippen LogP contribution in [0.2, 0.25) is 0 Å². The summed E-state index contributed by atoms with van der Waals surface area (Å²) in [5.74, 6) is -0.177. The zero-order valence-electron chi connectivity index (χ0n) is 11.3. The maximum atomic E-state index is 12.2. The van der Waals surface area contributed by atoms with Gasteiger partial charge in [0.2, 0.25) is 10.0 Å². The summed E-state index contributed by atoms with van der Waals surface area (Å²) >= 11 is 0. The van der Waals surface area contributed by atoms with Crippen molar-refractivity contribution in [2.45, 2.75) is 37.1 Å². The number of allylic oxidation sites excluding steroid dienone is 1. The first kappa shape index (κ1) is 14.7. The maximum absolute atomic E-state index is 12.2. The largest absolute Gasteiger partial charge is 0.349 e. The highest BCUT2D eigenvalue weighted by molar-refractivity contribution is 7.89.